The van der Waals surface area contributed by atoms with Crippen molar-refractivity contribution < 1.29 is 4.79 Å². The number of benzene rings is 2. The van der Waals surface area contributed by atoms with Gasteiger partial charge in [0.25, 0.3) is 5.91 Å². The van der Waals surface area contributed by atoms with Crippen molar-refractivity contribution >= 4 is 17.7 Å². The monoisotopic (exact) mass is 363 g/mol. The van der Waals surface area contributed by atoms with Crippen LogP contribution in [0.5, 0.6) is 0 Å². The number of amides is 1. The Morgan fingerprint density at radius 3 is 2.65 bits per heavy atom. The molecule has 132 valence electrons. The predicted molar refractivity (Wildman–Crippen MR) is 105 cm³/mol. The van der Waals surface area contributed by atoms with Crippen molar-refractivity contribution in [2.24, 2.45) is 0 Å². The summed E-state index contributed by atoms with van der Waals surface area (Å²) in [6.07, 6.45) is 0.956. The van der Waals surface area contributed by atoms with Crippen LogP contribution in [0.3, 0.4) is 0 Å². The van der Waals surface area contributed by atoms with Gasteiger partial charge in [0.05, 0.1) is 17.4 Å². The molecule has 1 unspecified atom stereocenters. The van der Waals surface area contributed by atoms with Gasteiger partial charge in [-0.3, -0.25) is 4.79 Å². The largest absolute Gasteiger partial charge is 0.345 e. The van der Waals surface area contributed by atoms with Crippen LogP contribution < -0.4 is 5.32 Å². The molecule has 4 rings (SSSR count). The molecule has 1 aliphatic rings. The molecule has 0 bridgehead atoms. The lowest BCUT2D eigenvalue weighted by Crippen LogP contribution is -2.30. The fourth-order valence-electron chi connectivity index (χ4n) is 3.38. The Kier molecular flexibility index (Phi) is 4.55. The van der Waals surface area contributed by atoms with E-state index in [2.05, 4.69) is 22.5 Å². The van der Waals surface area contributed by atoms with Gasteiger partial charge in [-0.05, 0) is 62.2 Å². The molecule has 0 saturated carbocycles. The smallest absolute Gasteiger partial charge is 0.251 e. The molecule has 1 aliphatic heterocycles. The molecule has 4 nitrogen and oxygen atoms in total. The maximum absolute atomic E-state index is 12.7. The number of carbonyl (C=O) groups excluding carboxylic acids is 1. The Morgan fingerprint density at radius 1 is 1.15 bits per heavy atom. The summed E-state index contributed by atoms with van der Waals surface area (Å²) < 4.78 is 1.89. The first kappa shape index (κ1) is 16.9. The summed E-state index contributed by atoms with van der Waals surface area (Å²) in [7, 11) is 0. The molecule has 1 atom stereocenters. The number of carbonyl (C=O) groups is 1. The van der Waals surface area contributed by atoms with Gasteiger partial charge in [0.1, 0.15) is 0 Å². The summed E-state index contributed by atoms with van der Waals surface area (Å²) in [5.41, 5.74) is 4.92. The van der Waals surface area contributed by atoms with E-state index in [-0.39, 0.29) is 11.9 Å². The van der Waals surface area contributed by atoms with Crippen LogP contribution in [0, 0.1) is 13.8 Å². The van der Waals surface area contributed by atoms with Gasteiger partial charge in [0, 0.05) is 21.9 Å². The van der Waals surface area contributed by atoms with E-state index < -0.39 is 0 Å². The number of nitrogens with one attached hydrogen (secondary N) is 1. The van der Waals surface area contributed by atoms with Crippen molar-refractivity contribution in [3.8, 4) is 5.69 Å². The van der Waals surface area contributed by atoms with E-state index in [0.717, 1.165) is 29.2 Å². The van der Waals surface area contributed by atoms with Crippen molar-refractivity contribution in [1.29, 1.82) is 0 Å². The molecule has 1 N–H and O–H groups in total. The minimum Gasteiger partial charge on any atom is -0.345 e. The van der Waals surface area contributed by atoms with Gasteiger partial charge in [-0.2, -0.15) is 5.10 Å². The van der Waals surface area contributed by atoms with Gasteiger partial charge in [-0.25, -0.2) is 4.68 Å². The number of hydrogen-bond donors (Lipinski definition) is 1. The summed E-state index contributed by atoms with van der Waals surface area (Å²) in [6.45, 7) is 4.00. The lowest BCUT2D eigenvalue weighted by molar-refractivity contribution is 0.0935. The molecule has 1 aromatic heterocycles. The number of hydrogen-bond acceptors (Lipinski definition) is 3. The molecular weight excluding hydrogens is 342 g/mol. The third-order valence-electron chi connectivity index (χ3n) is 4.65. The molecule has 0 fully saturated rings. The number of aromatic nitrogens is 2. The number of thioether (sulfide) groups is 1. The van der Waals surface area contributed by atoms with E-state index in [0.29, 0.717) is 5.56 Å². The third-order valence-corrected chi connectivity index (χ3v) is 5.77. The molecule has 0 spiro atoms. The molecule has 0 saturated heterocycles. The highest BCUT2D eigenvalue weighted by atomic mass is 32.2. The normalized spacial score (nSPS) is 16.2. The highest BCUT2D eigenvalue weighted by molar-refractivity contribution is 7.99. The Labute approximate surface area is 157 Å². The Bertz CT molecular complexity index is 946. The average molecular weight is 363 g/mol. The zero-order valence-corrected chi connectivity index (χ0v) is 15.7. The second-order valence-corrected chi connectivity index (χ2v) is 7.72. The quantitative estimate of drug-likeness (QED) is 0.747. The van der Waals surface area contributed by atoms with Crippen molar-refractivity contribution in [2.45, 2.75) is 31.2 Å². The van der Waals surface area contributed by atoms with Gasteiger partial charge in [0.2, 0.25) is 0 Å². The maximum atomic E-state index is 12.7. The van der Waals surface area contributed by atoms with E-state index in [9.17, 15) is 4.79 Å². The van der Waals surface area contributed by atoms with Crippen LogP contribution >= 0.6 is 11.8 Å². The van der Waals surface area contributed by atoms with Crippen LogP contribution in [-0.2, 0) is 0 Å². The molecule has 5 heteroatoms. The van der Waals surface area contributed by atoms with Crippen LogP contribution in [0.2, 0.25) is 0 Å². The highest BCUT2D eigenvalue weighted by Gasteiger charge is 2.22. The molecule has 1 amide bonds. The minimum atomic E-state index is -0.0309. The highest BCUT2D eigenvalue weighted by Crippen LogP contribution is 2.35. The van der Waals surface area contributed by atoms with E-state index in [1.54, 1.807) is 0 Å². The molecule has 0 radical (unpaired) electrons. The summed E-state index contributed by atoms with van der Waals surface area (Å²) >= 11 is 1.86. The van der Waals surface area contributed by atoms with Crippen molar-refractivity contribution in [3.63, 3.8) is 0 Å². The fourth-order valence-corrected chi connectivity index (χ4v) is 4.50. The van der Waals surface area contributed by atoms with Gasteiger partial charge in [0.15, 0.2) is 0 Å². The van der Waals surface area contributed by atoms with E-state index >= 15 is 0 Å². The van der Waals surface area contributed by atoms with Crippen molar-refractivity contribution in [3.05, 3.63) is 77.1 Å². The first-order valence-electron chi connectivity index (χ1n) is 8.78. The lowest BCUT2D eigenvalue weighted by Gasteiger charge is -2.25. The zero-order valence-electron chi connectivity index (χ0n) is 14.9. The molecule has 26 heavy (non-hydrogen) atoms. The molecular formula is C21H21N3OS. The maximum Gasteiger partial charge on any atom is 0.251 e. The molecule has 0 aliphatic carbocycles. The second kappa shape index (κ2) is 7.00. The number of rotatable bonds is 3. The Balaban J connectivity index is 1.52. The number of fused-ring (bicyclic) bond motifs is 1. The summed E-state index contributed by atoms with van der Waals surface area (Å²) in [4.78, 5) is 14.0. The van der Waals surface area contributed by atoms with Crippen LogP contribution in [0.4, 0.5) is 0 Å². The summed E-state index contributed by atoms with van der Waals surface area (Å²) in [5, 5.41) is 7.68. The Hall–Kier alpha value is -2.53. The van der Waals surface area contributed by atoms with Gasteiger partial charge >= 0.3 is 0 Å². The number of aryl methyl sites for hydroxylation is 2. The first-order chi connectivity index (χ1) is 12.6. The number of nitrogens with zero attached hydrogens (tertiary/aromatic N) is 2. The fraction of sp³-hybridized carbons (Fsp3) is 0.238. The average Bonchev–Trinajstić information content (AvgIpc) is 3.00. The van der Waals surface area contributed by atoms with E-state index in [1.165, 1.54) is 10.5 Å². The van der Waals surface area contributed by atoms with E-state index in [1.807, 2.05) is 72.8 Å². The zero-order chi connectivity index (χ0) is 18.1. The van der Waals surface area contributed by atoms with E-state index in [4.69, 9.17) is 0 Å². The van der Waals surface area contributed by atoms with Crippen molar-refractivity contribution in [2.75, 3.05) is 5.75 Å². The second-order valence-electron chi connectivity index (χ2n) is 6.59. The third kappa shape index (κ3) is 3.27. The van der Waals surface area contributed by atoms with Crippen LogP contribution in [-0.4, -0.2) is 21.4 Å². The summed E-state index contributed by atoms with van der Waals surface area (Å²) in [6, 6.07) is 18.1. The van der Waals surface area contributed by atoms with Gasteiger partial charge < -0.3 is 5.32 Å². The van der Waals surface area contributed by atoms with Crippen LogP contribution in [0.1, 0.15) is 39.8 Å². The molecule has 2 heterocycles. The Morgan fingerprint density at radius 2 is 1.92 bits per heavy atom. The van der Waals surface area contributed by atoms with Gasteiger partial charge in [-0.1, -0.05) is 18.2 Å². The summed E-state index contributed by atoms with van der Waals surface area (Å²) in [5.74, 6) is 0.996. The lowest BCUT2D eigenvalue weighted by atomic mass is 10.0. The molecule has 3 aromatic rings. The molecule has 2 aromatic carbocycles. The standard InChI is InChI=1S/C21H21N3OS/c1-14-13-15(2)24(23-14)17-9-7-16(8-10-17)21(25)22-19-11-12-26-20-6-4-3-5-18(19)20/h3-10,13,19H,11-12H2,1-2H3,(H,22,25). The topological polar surface area (TPSA) is 46.9 Å². The SMILES string of the molecule is Cc1cc(C)n(-c2ccc(C(=O)NC3CCSc4ccccc43)cc2)n1. The van der Waals surface area contributed by atoms with Gasteiger partial charge in [-0.15, -0.1) is 11.8 Å². The minimum absolute atomic E-state index is 0.0309. The van der Waals surface area contributed by atoms with Crippen LogP contribution in [0.25, 0.3) is 5.69 Å². The van der Waals surface area contributed by atoms with Crippen LogP contribution in [0.15, 0.2) is 59.5 Å². The van der Waals surface area contributed by atoms with Crippen molar-refractivity contribution in [1.82, 2.24) is 15.1 Å². The predicted octanol–water partition coefficient (Wildman–Crippen LogP) is 4.46. The first-order valence-corrected chi connectivity index (χ1v) is 9.77.